The average Bonchev–Trinajstić information content (AvgIpc) is 3.15. The van der Waals surface area contributed by atoms with Gasteiger partial charge in [-0.3, -0.25) is 4.99 Å². The van der Waals surface area contributed by atoms with Crippen LogP contribution >= 0.6 is 0 Å². The molecule has 1 saturated heterocycles. The molecule has 0 bridgehead atoms. The van der Waals surface area contributed by atoms with Crippen molar-refractivity contribution in [2.24, 2.45) is 10.9 Å². The molecule has 6 nitrogen and oxygen atoms in total. The maximum Gasteiger partial charge on any atom is 0.231 e. The van der Waals surface area contributed by atoms with Gasteiger partial charge in [0.05, 0.1) is 0 Å². The monoisotopic (exact) mass is 374 g/mol. The van der Waals surface area contributed by atoms with E-state index in [1.807, 2.05) is 6.07 Å². The predicted octanol–water partition coefficient (Wildman–Crippen LogP) is 2.63. The molecule has 0 spiro atoms. The molecule has 2 N–H and O–H groups in total. The Kier molecular flexibility index (Phi) is 7.63. The average molecular weight is 375 g/mol. The molecule has 2 heterocycles. The Morgan fingerprint density at radius 3 is 2.74 bits per heavy atom. The number of ether oxygens (including phenoxy) is 2. The number of piperidine rings is 1. The van der Waals surface area contributed by atoms with Gasteiger partial charge in [-0.05, 0) is 75.9 Å². The number of hydrogen-bond acceptors (Lipinski definition) is 4. The summed E-state index contributed by atoms with van der Waals surface area (Å²) in [4.78, 5) is 7.41. The third-order valence-corrected chi connectivity index (χ3v) is 5.24. The zero-order valence-corrected chi connectivity index (χ0v) is 16.8. The first-order valence-corrected chi connectivity index (χ1v) is 10.4. The number of guanidine groups is 1. The Morgan fingerprint density at radius 2 is 1.96 bits per heavy atom. The number of likely N-dealkylation sites (tertiary alicyclic amines) is 1. The van der Waals surface area contributed by atoms with Gasteiger partial charge in [-0.15, -0.1) is 0 Å². The summed E-state index contributed by atoms with van der Waals surface area (Å²) >= 11 is 0. The second kappa shape index (κ2) is 10.4. The Labute approximate surface area is 163 Å². The van der Waals surface area contributed by atoms with Crippen LogP contribution in [0.2, 0.25) is 0 Å². The van der Waals surface area contributed by atoms with Gasteiger partial charge in [-0.2, -0.15) is 0 Å². The van der Waals surface area contributed by atoms with E-state index >= 15 is 0 Å². The van der Waals surface area contributed by atoms with Gasteiger partial charge < -0.3 is 25.0 Å². The van der Waals surface area contributed by atoms with Crippen LogP contribution in [0.25, 0.3) is 0 Å². The summed E-state index contributed by atoms with van der Waals surface area (Å²) in [5.74, 6) is 3.32. The lowest BCUT2D eigenvalue weighted by molar-refractivity contribution is 0.174. The molecule has 0 aliphatic carbocycles. The van der Waals surface area contributed by atoms with E-state index in [-0.39, 0.29) is 0 Å². The normalized spacial score (nSPS) is 17.9. The number of nitrogens with one attached hydrogen (secondary N) is 2. The first kappa shape index (κ1) is 19.8. The summed E-state index contributed by atoms with van der Waals surface area (Å²) in [6.45, 7) is 11.0. The van der Waals surface area contributed by atoms with E-state index in [0.29, 0.717) is 12.7 Å². The molecule has 1 aromatic rings. The SMILES string of the molecule is CCCN1CCC(CN=C(NCC)NCCc2ccc3c(c2)OCO3)CC1. The number of benzene rings is 1. The summed E-state index contributed by atoms with van der Waals surface area (Å²) in [6.07, 6.45) is 4.71. The Balaban J connectivity index is 1.42. The molecule has 0 atom stereocenters. The van der Waals surface area contributed by atoms with Crippen LogP contribution < -0.4 is 20.1 Å². The van der Waals surface area contributed by atoms with E-state index in [0.717, 1.165) is 43.5 Å². The van der Waals surface area contributed by atoms with Crippen molar-refractivity contribution in [2.45, 2.75) is 39.5 Å². The van der Waals surface area contributed by atoms with Crippen molar-refractivity contribution >= 4 is 5.96 Å². The zero-order valence-electron chi connectivity index (χ0n) is 16.8. The maximum atomic E-state index is 5.45. The third-order valence-electron chi connectivity index (χ3n) is 5.24. The van der Waals surface area contributed by atoms with Crippen molar-refractivity contribution in [2.75, 3.05) is 46.1 Å². The second-order valence-corrected chi connectivity index (χ2v) is 7.37. The highest BCUT2D eigenvalue weighted by Crippen LogP contribution is 2.32. The van der Waals surface area contributed by atoms with Gasteiger partial charge in [0.15, 0.2) is 17.5 Å². The van der Waals surface area contributed by atoms with E-state index in [1.54, 1.807) is 0 Å². The van der Waals surface area contributed by atoms with Crippen molar-refractivity contribution in [1.29, 1.82) is 0 Å². The molecule has 1 fully saturated rings. The number of hydrogen-bond donors (Lipinski definition) is 2. The van der Waals surface area contributed by atoms with Gasteiger partial charge in [0.25, 0.3) is 0 Å². The smallest absolute Gasteiger partial charge is 0.231 e. The summed E-state index contributed by atoms with van der Waals surface area (Å²) < 4.78 is 10.8. The maximum absolute atomic E-state index is 5.45. The molecule has 27 heavy (non-hydrogen) atoms. The second-order valence-electron chi connectivity index (χ2n) is 7.37. The quantitative estimate of drug-likeness (QED) is 0.541. The number of rotatable bonds is 8. The molecule has 0 amide bonds. The lowest BCUT2D eigenvalue weighted by atomic mass is 9.97. The van der Waals surface area contributed by atoms with E-state index in [2.05, 4.69) is 41.5 Å². The fourth-order valence-electron chi connectivity index (χ4n) is 3.69. The van der Waals surface area contributed by atoms with Crippen LogP contribution in [0.4, 0.5) is 0 Å². The molecule has 0 unspecified atom stereocenters. The fourth-order valence-corrected chi connectivity index (χ4v) is 3.69. The third kappa shape index (κ3) is 6.03. The Bertz CT molecular complexity index is 612. The Morgan fingerprint density at radius 1 is 1.15 bits per heavy atom. The summed E-state index contributed by atoms with van der Waals surface area (Å²) in [5, 5.41) is 6.82. The van der Waals surface area contributed by atoms with Crippen molar-refractivity contribution in [3.63, 3.8) is 0 Å². The molecule has 1 aromatic carbocycles. The lowest BCUT2D eigenvalue weighted by Crippen LogP contribution is -2.39. The lowest BCUT2D eigenvalue weighted by Gasteiger charge is -2.31. The van der Waals surface area contributed by atoms with Crippen LogP contribution in [0.3, 0.4) is 0 Å². The first-order chi connectivity index (χ1) is 13.3. The van der Waals surface area contributed by atoms with E-state index < -0.39 is 0 Å². The summed E-state index contributed by atoms with van der Waals surface area (Å²) in [6, 6.07) is 6.16. The van der Waals surface area contributed by atoms with Crippen molar-refractivity contribution in [1.82, 2.24) is 15.5 Å². The van der Waals surface area contributed by atoms with Gasteiger partial charge in [0.2, 0.25) is 6.79 Å². The highest BCUT2D eigenvalue weighted by molar-refractivity contribution is 5.79. The Hall–Kier alpha value is -1.95. The topological polar surface area (TPSA) is 58.1 Å². The van der Waals surface area contributed by atoms with Gasteiger partial charge in [-0.1, -0.05) is 13.0 Å². The molecule has 3 rings (SSSR count). The molecule has 0 aromatic heterocycles. The standard InChI is InChI=1S/C21H34N4O2/c1-3-11-25-12-8-18(9-13-25)15-24-21(22-4-2)23-10-7-17-5-6-19-20(14-17)27-16-26-19/h5-6,14,18H,3-4,7-13,15-16H2,1-2H3,(H2,22,23,24). The fraction of sp³-hybridized carbons (Fsp3) is 0.667. The molecule has 2 aliphatic heterocycles. The molecule has 0 radical (unpaired) electrons. The van der Waals surface area contributed by atoms with E-state index in [1.165, 1.54) is 44.5 Å². The van der Waals surface area contributed by atoms with Crippen LogP contribution in [0.15, 0.2) is 23.2 Å². The summed E-state index contributed by atoms with van der Waals surface area (Å²) in [7, 11) is 0. The largest absolute Gasteiger partial charge is 0.454 e. The van der Waals surface area contributed by atoms with Crippen LogP contribution in [-0.2, 0) is 6.42 Å². The molecular formula is C21H34N4O2. The van der Waals surface area contributed by atoms with Crippen LogP contribution in [0, 0.1) is 5.92 Å². The highest BCUT2D eigenvalue weighted by atomic mass is 16.7. The van der Waals surface area contributed by atoms with Gasteiger partial charge in [0, 0.05) is 19.6 Å². The van der Waals surface area contributed by atoms with Crippen LogP contribution in [-0.4, -0.2) is 56.9 Å². The molecule has 0 saturated carbocycles. The molecule has 6 heteroatoms. The number of fused-ring (bicyclic) bond motifs is 1. The minimum absolute atomic E-state index is 0.325. The predicted molar refractivity (Wildman–Crippen MR) is 110 cm³/mol. The van der Waals surface area contributed by atoms with Crippen molar-refractivity contribution in [3.8, 4) is 11.5 Å². The van der Waals surface area contributed by atoms with Gasteiger partial charge in [-0.25, -0.2) is 0 Å². The molecular weight excluding hydrogens is 340 g/mol. The molecule has 2 aliphatic rings. The minimum atomic E-state index is 0.325. The number of aliphatic imine (C=N–C) groups is 1. The number of nitrogens with zero attached hydrogens (tertiary/aromatic N) is 2. The highest BCUT2D eigenvalue weighted by Gasteiger charge is 2.18. The van der Waals surface area contributed by atoms with E-state index in [9.17, 15) is 0 Å². The van der Waals surface area contributed by atoms with Gasteiger partial charge in [0.1, 0.15) is 0 Å². The zero-order chi connectivity index (χ0) is 18.9. The van der Waals surface area contributed by atoms with Crippen LogP contribution in [0.1, 0.15) is 38.7 Å². The van der Waals surface area contributed by atoms with Crippen LogP contribution in [0.5, 0.6) is 11.5 Å². The first-order valence-electron chi connectivity index (χ1n) is 10.4. The van der Waals surface area contributed by atoms with E-state index in [4.69, 9.17) is 14.5 Å². The summed E-state index contributed by atoms with van der Waals surface area (Å²) in [5.41, 5.74) is 1.24. The van der Waals surface area contributed by atoms with Crippen molar-refractivity contribution < 1.29 is 9.47 Å². The molecule has 150 valence electrons. The van der Waals surface area contributed by atoms with Crippen molar-refractivity contribution in [3.05, 3.63) is 23.8 Å². The minimum Gasteiger partial charge on any atom is -0.454 e. The van der Waals surface area contributed by atoms with Gasteiger partial charge >= 0.3 is 0 Å².